The minimum Gasteiger partial charge on any atom is -0.349 e. The predicted molar refractivity (Wildman–Crippen MR) is 139 cm³/mol. The molecule has 1 N–H and O–H groups in total. The van der Waals surface area contributed by atoms with E-state index in [0.29, 0.717) is 0 Å². The summed E-state index contributed by atoms with van der Waals surface area (Å²) < 4.78 is 1.15. The molecule has 3 nitrogen and oxygen atoms in total. The third-order valence-corrected chi connectivity index (χ3v) is 7.09. The standard InChI is InChI=1S/C28H34N2OS/c1-8-9-20(6)30-28(31)27-21(7)26-24(18(4)10-15-25(26)32-27)14-13-23(17(2)3)22-12-11-19(5)29-16-22/h10-16,20H,8-9H2,1-7H3,(H,30,31)/b14-13-. The predicted octanol–water partition coefficient (Wildman–Crippen LogP) is 7.65. The maximum Gasteiger partial charge on any atom is 0.261 e. The zero-order valence-electron chi connectivity index (χ0n) is 20.3. The Bertz CT molecular complexity index is 1180. The number of aromatic nitrogens is 1. The number of hydrogen-bond acceptors (Lipinski definition) is 3. The third kappa shape index (κ3) is 5.18. The van der Waals surface area contributed by atoms with E-state index in [1.807, 2.05) is 19.2 Å². The molecule has 0 aliphatic rings. The van der Waals surface area contributed by atoms with E-state index in [-0.39, 0.29) is 11.9 Å². The quantitative estimate of drug-likeness (QED) is 0.379. The van der Waals surface area contributed by atoms with Crippen LogP contribution in [0.25, 0.3) is 21.7 Å². The molecule has 3 rings (SSSR count). The highest BCUT2D eigenvalue weighted by Crippen LogP contribution is 2.36. The van der Waals surface area contributed by atoms with Gasteiger partial charge in [0.05, 0.1) is 4.88 Å². The molecular formula is C28H34N2OS. The fourth-order valence-electron chi connectivity index (χ4n) is 4.05. The Labute approximate surface area is 196 Å². The monoisotopic (exact) mass is 446 g/mol. The molecule has 3 aromatic rings. The number of rotatable bonds is 7. The van der Waals surface area contributed by atoms with E-state index in [9.17, 15) is 4.79 Å². The average molecular weight is 447 g/mol. The topological polar surface area (TPSA) is 42.0 Å². The maximum atomic E-state index is 13.0. The molecule has 1 unspecified atom stereocenters. The van der Waals surface area contributed by atoms with E-state index in [0.717, 1.165) is 39.2 Å². The lowest BCUT2D eigenvalue weighted by Crippen LogP contribution is -2.32. The van der Waals surface area contributed by atoms with E-state index < -0.39 is 0 Å². The van der Waals surface area contributed by atoms with Crippen molar-refractivity contribution in [2.24, 2.45) is 0 Å². The van der Waals surface area contributed by atoms with Crippen molar-refractivity contribution in [3.63, 3.8) is 0 Å². The first-order valence-electron chi connectivity index (χ1n) is 11.3. The number of nitrogens with one attached hydrogen (secondary N) is 1. The molecule has 1 aromatic carbocycles. The number of pyridine rings is 1. The Morgan fingerprint density at radius 2 is 1.91 bits per heavy atom. The molecular weight excluding hydrogens is 412 g/mol. The summed E-state index contributed by atoms with van der Waals surface area (Å²) >= 11 is 1.59. The van der Waals surface area contributed by atoms with Crippen molar-refractivity contribution in [3.8, 4) is 0 Å². The summed E-state index contributed by atoms with van der Waals surface area (Å²) in [6.45, 7) is 14.7. The van der Waals surface area contributed by atoms with Crippen LogP contribution in [-0.4, -0.2) is 16.9 Å². The summed E-state index contributed by atoms with van der Waals surface area (Å²) in [4.78, 5) is 18.2. The molecule has 0 radical (unpaired) electrons. The van der Waals surface area contributed by atoms with Gasteiger partial charge in [-0.15, -0.1) is 11.3 Å². The van der Waals surface area contributed by atoms with Crippen molar-refractivity contribution in [3.05, 3.63) is 74.9 Å². The Morgan fingerprint density at radius 3 is 2.53 bits per heavy atom. The first kappa shape index (κ1) is 23.9. The van der Waals surface area contributed by atoms with Crippen LogP contribution in [-0.2, 0) is 0 Å². The summed E-state index contributed by atoms with van der Waals surface area (Å²) in [7, 11) is 0. The van der Waals surface area contributed by atoms with Crippen molar-refractivity contribution >= 4 is 39.0 Å². The van der Waals surface area contributed by atoms with Crippen molar-refractivity contribution in [1.82, 2.24) is 10.3 Å². The smallest absolute Gasteiger partial charge is 0.261 e. The number of hydrogen-bond donors (Lipinski definition) is 1. The third-order valence-electron chi connectivity index (χ3n) is 5.84. The van der Waals surface area contributed by atoms with E-state index in [4.69, 9.17) is 0 Å². The Kier molecular flexibility index (Phi) is 7.68. The highest BCUT2D eigenvalue weighted by Gasteiger charge is 2.19. The summed E-state index contributed by atoms with van der Waals surface area (Å²) in [6.07, 6.45) is 8.36. The van der Waals surface area contributed by atoms with E-state index in [1.165, 1.54) is 27.7 Å². The van der Waals surface area contributed by atoms with Crippen molar-refractivity contribution in [2.45, 2.75) is 67.3 Å². The number of aryl methyl sites for hydroxylation is 3. The molecule has 2 heterocycles. The van der Waals surface area contributed by atoms with Crippen LogP contribution in [0, 0.1) is 20.8 Å². The molecule has 1 amide bonds. The van der Waals surface area contributed by atoms with Gasteiger partial charge >= 0.3 is 0 Å². The van der Waals surface area contributed by atoms with Crippen LogP contribution < -0.4 is 5.32 Å². The van der Waals surface area contributed by atoms with Crippen LogP contribution in [0.5, 0.6) is 0 Å². The average Bonchev–Trinajstić information content (AvgIpc) is 3.07. The Morgan fingerprint density at radius 1 is 1.16 bits per heavy atom. The number of fused-ring (bicyclic) bond motifs is 1. The first-order valence-corrected chi connectivity index (χ1v) is 12.2. The van der Waals surface area contributed by atoms with Gasteiger partial charge in [0.15, 0.2) is 0 Å². The van der Waals surface area contributed by atoms with E-state index in [2.05, 4.69) is 82.2 Å². The second kappa shape index (κ2) is 10.3. The zero-order valence-corrected chi connectivity index (χ0v) is 21.1. The molecule has 32 heavy (non-hydrogen) atoms. The van der Waals surface area contributed by atoms with Crippen molar-refractivity contribution in [2.75, 3.05) is 0 Å². The van der Waals surface area contributed by atoms with Crippen LogP contribution in [0.15, 0.2) is 42.1 Å². The minimum atomic E-state index is 0.0351. The Balaban J connectivity index is 2.04. The maximum absolute atomic E-state index is 13.0. The SMILES string of the molecule is CCCC(C)NC(=O)c1sc2ccc(C)c(/C=C\C(=C(C)C)c3ccc(C)nc3)c2c1C. The van der Waals surface area contributed by atoms with E-state index in [1.54, 1.807) is 11.3 Å². The van der Waals surface area contributed by atoms with E-state index >= 15 is 0 Å². The largest absolute Gasteiger partial charge is 0.349 e. The highest BCUT2D eigenvalue weighted by atomic mass is 32.1. The fraction of sp³-hybridized carbons (Fsp3) is 0.357. The summed E-state index contributed by atoms with van der Waals surface area (Å²) in [6, 6.07) is 8.64. The van der Waals surface area contributed by atoms with Crippen molar-refractivity contribution < 1.29 is 4.79 Å². The van der Waals surface area contributed by atoms with Crippen LogP contribution in [0.3, 0.4) is 0 Å². The number of carbonyl (C=O) groups excluding carboxylic acids is 1. The fourth-order valence-corrected chi connectivity index (χ4v) is 5.17. The minimum absolute atomic E-state index is 0.0351. The number of nitrogens with zero attached hydrogens (tertiary/aromatic N) is 1. The second-order valence-corrected chi connectivity index (χ2v) is 9.88. The summed E-state index contributed by atoms with van der Waals surface area (Å²) in [5.74, 6) is 0.0351. The molecule has 168 valence electrons. The molecule has 0 aliphatic carbocycles. The molecule has 0 aliphatic heterocycles. The summed E-state index contributed by atoms with van der Waals surface area (Å²) in [5, 5.41) is 4.34. The molecule has 0 bridgehead atoms. The number of thiophene rings is 1. The number of amides is 1. The van der Waals surface area contributed by atoms with Gasteiger partial charge in [-0.3, -0.25) is 9.78 Å². The number of allylic oxidation sites excluding steroid dienone is 3. The lowest BCUT2D eigenvalue weighted by atomic mass is 9.97. The molecule has 0 saturated heterocycles. The first-order chi connectivity index (χ1) is 15.2. The van der Waals surface area contributed by atoms with Crippen LogP contribution >= 0.6 is 11.3 Å². The normalized spacial score (nSPS) is 12.3. The van der Waals surface area contributed by atoms with Gasteiger partial charge in [0, 0.05) is 28.0 Å². The van der Waals surface area contributed by atoms with Crippen LogP contribution in [0.1, 0.15) is 78.2 Å². The van der Waals surface area contributed by atoms with Gasteiger partial charge in [0.2, 0.25) is 0 Å². The molecule has 0 fully saturated rings. The lowest BCUT2D eigenvalue weighted by molar-refractivity contribution is 0.0942. The number of carbonyl (C=O) groups is 1. The molecule has 1 atom stereocenters. The Hall–Kier alpha value is -2.72. The lowest BCUT2D eigenvalue weighted by Gasteiger charge is -2.12. The van der Waals surface area contributed by atoms with Gasteiger partial charge in [0.1, 0.15) is 0 Å². The summed E-state index contributed by atoms with van der Waals surface area (Å²) in [5.41, 5.74) is 7.98. The van der Waals surface area contributed by atoms with Gasteiger partial charge in [-0.2, -0.15) is 0 Å². The van der Waals surface area contributed by atoms with Crippen LogP contribution in [0.4, 0.5) is 0 Å². The zero-order chi connectivity index (χ0) is 23.4. The highest BCUT2D eigenvalue weighted by molar-refractivity contribution is 7.21. The van der Waals surface area contributed by atoms with Gasteiger partial charge in [0.25, 0.3) is 5.91 Å². The number of benzene rings is 1. The molecule has 2 aromatic heterocycles. The van der Waals surface area contributed by atoms with Crippen LogP contribution in [0.2, 0.25) is 0 Å². The molecule has 0 spiro atoms. The van der Waals surface area contributed by atoms with Gasteiger partial charge in [-0.1, -0.05) is 43.2 Å². The van der Waals surface area contributed by atoms with Gasteiger partial charge in [-0.25, -0.2) is 0 Å². The van der Waals surface area contributed by atoms with Gasteiger partial charge < -0.3 is 5.32 Å². The van der Waals surface area contributed by atoms with Gasteiger partial charge in [-0.05, 0) is 87.9 Å². The molecule has 0 saturated carbocycles. The second-order valence-electron chi connectivity index (χ2n) is 8.82. The van der Waals surface area contributed by atoms with Crippen molar-refractivity contribution in [1.29, 1.82) is 0 Å². The molecule has 4 heteroatoms.